The van der Waals surface area contributed by atoms with Crippen molar-refractivity contribution < 1.29 is 5.11 Å². The van der Waals surface area contributed by atoms with Gasteiger partial charge in [0.1, 0.15) is 4.83 Å². The SMILES string of the molecule is [N-]=[N+]=NC1CCCC1(O)c1csc2ncccc12. The molecule has 0 aliphatic heterocycles. The van der Waals surface area contributed by atoms with E-state index in [4.69, 9.17) is 5.53 Å². The number of nitrogens with zero attached hydrogens (tertiary/aromatic N) is 4. The zero-order chi connectivity index (χ0) is 12.6. The summed E-state index contributed by atoms with van der Waals surface area (Å²) in [6.45, 7) is 0. The number of thiophene rings is 1. The summed E-state index contributed by atoms with van der Waals surface area (Å²) in [5.41, 5.74) is 8.43. The largest absolute Gasteiger partial charge is 0.385 e. The van der Waals surface area contributed by atoms with Crippen LogP contribution in [0.3, 0.4) is 0 Å². The lowest BCUT2D eigenvalue weighted by molar-refractivity contribution is 0.0302. The molecular formula is C12H12N4OS. The van der Waals surface area contributed by atoms with Gasteiger partial charge in [0, 0.05) is 22.1 Å². The molecule has 5 nitrogen and oxygen atoms in total. The fraction of sp³-hybridized carbons (Fsp3) is 0.417. The predicted molar refractivity (Wildman–Crippen MR) is 70.3 cm³/mol. The number of hydrogen-bond donors (Lipinski definition) is 1. The molecule has 1 saturated carbocycles. The van der Waals surface area contributed by atoms with Crippen LogP contribution in [0.4, 0.5) is 0 Å². The quantitative estimate of drug-likeness (QED) is 0.510. The summed E-state index contributed by atoms with van der Waals surface area (Å²) in [7, 11) is 0. The van der Waals surface area contributed by atoms with Crippen LogP contribution >= 0.6 is 11.3 Å². The Morgan fingerprint density at radius 2 is 2.50 bits per heavy atom. The summed E-state index contributed by atoms with van der Waals surface area (Å²) in [6.07, 6.45) is 3.99. The van der Waals surface area contributed by atoms with Crippen molar-refractivity contribution in [3.05, 3.63) is 39.7 Å². The Morgan fingerprint density at radius 1 is 1.61 bits per heavy atom. The Morgan fingerprint density at radius 3 is 3.33 bits per heavy atom. The summed E-state index contributed by atoms with van der Waals surface area (Å²) in [6, 6.07) is 3.44. The maximum Gasteiger partial charge on any atom is 0.123 e. The van der Waals surface area contributed by atoms with Crippen LogP contribution in [0.25, 0.3) is 20.7 Å². The highest BCUT2D eigenvalue weighted by Crippen LogP contribution is 2.44. The van der Waals surface area contributed by atoms with E-state index >= 15 is 0 Å². The molecule has 0 aromatic carbocycles. The number of azide groups is 1. The van der Waals surface area contributed by atoms with Crippen molar-refractivity contribution in [3.63, 3.8) is 0 Å². The number of rotatable bonds is 2. The highest BCUT2D eigenvalue weighted by atomic mass is 32.1. The van der Waals surface area contributed by atoms with Gasteiger partial charge in [-0.3, -0.25) is 0 Å². The Kier molecular flexibility index (Phi) is 2.70. The van der Waals surface area contributed by atoms with E-state index in [2.05, 4.69) is 15.0 Å². The fourth-order valence-electron chi connectivity index (χ4n) is 2.70. The van der Waals surface area contributed by atoms with Crippen molar-refractivity contribution in [3.8, 4) is 0 Å². The molecule has 0 saturated heterocycles. The fourth-order valence-corrected chi connectivity index (χ4v) is 3.69. The lowest BCUT2D eigenvalue weighted by Gasteiger charge is -2.27. The molecule has 2 heterocycles. The number of fused-ring (bicyclic) bond motifs is 1. The topological polar surface area (TPSA) is 81.9 Å². The van der Waals surface area contributed by atoms with E-state index in [1.165, 1.54) is 11.3 Å². The monoisotopic (exact) mass is 260 g/mol. The van der Waals surface area contributed by atoms with Gasteiger partial charge in [0.25, 0.3) is 0 Å². The lowest BCUT2D eigenvalue weighted by atomic mass is 9.89. The summed E-state index contributed by atoms with van der Waals surface area (Å²) < 4.78 is 0. The van der Waals surface area contributed by atoms with E-state index in [1.54, 1.807) is 6.20 Å². The van der Waals surface area contributed by atoms with Gasteiger partial charge in [0.2, 0.25) is 0 Å². The first-order valence-corrected chi connectivity index (χ1v) is 6.73. The minimum absolute atomic E-state index is 0.375. The molecule has 2 unspecified atom stereocenters. The molecule has 2 atom stereocenters. The molecule has 1 N–H and O–H groups in total. The molecule has 92 valence electrons. The van der Waals surface area contributed by atoms with Gasteiger partial charge in [-0.25, -0.2) is 4.98 Å². The van der Waals surface area contributed by atoms with Gasteiger partial charge in [-0.1, -0.05) is 11.2 Å². The van der Waals surface area contributed by atoms with Crippen LogP contribution in [-0.2, 0) is 5.60 Å². The molecule has 0 spiro atoms. The molecule has 2 aromatic heterocycles. The molecule has 0 radical (unpaired) electrons. The summed E-state index contributed by atoms with van der Waals surface area (Å²) in [5, 5.41) is 17.5. The van der Waals surface area contributed by atoms with E-state index in [1.807, 2.05) is 17.5 Å². The van der Waals surface area contributed by atoms with Crippen molar-refractivity contribution in [1.29, 1.82) is 0 Å². The number of hydrogen-bond acceptors (Lipinski definition) is 4. The van der Waals surface area contributed by atoms with E-state index in [9.17, 15) is 5.11 Å². The average Bonchev–Trinajstić information content (AvgIpc) is 2.95. The van der Waals surface area contributed by atoms with Crippen LogP contribution in [0.5, 0.6) is 0 Å². The molecular weight excluding hydrogens is 248 g/mol. The maximum atomic E-state index is 10.9. The van der Waals surface area contributed by atoms with E-state index in [0.29, 0.717) is 6.42 Å². The Balaban J connectivity index is 2.15. The van der Waals surface area contributed by atoms with Gasteiger partial charge in [-0.05, 0) is 36.2 Å². The Labute approximate surface area is 108 Å². The average molecular weight is 260 g/mol. The third kappa shape index (κ3) is 1.58. The van der Waals surface area contributed by atoms with Gasteiger partial charge in [-0.2, -0.15) is 0 Å². The van der Waals surface area contributed by atoms with Gasteiger partial charge in [-0.15, -0.1) is 11.3 Å². The van der Waals surface area contributed by atoms with Crippen LogP contribution in [-0.4, -0.2) is 16.1 Å². The number of aromatic nitrogens is 1. The van der Waals surface area contributed by atoms with E-state index in [0.717, 1.165) is 28.6 Å². The van der Waals surface area contributed by atoms with Crippen molar-refractivity contribution in [2.24, 2.45) is 5.11 Å². The van der Waals surface area contributed by atoms with Gasteiger partial charge in [0.15, 0.2) is 0 Å². The lowest BCUT2D eigenvalue weighted by Crippen LogP contribution is -2.32. The molecule has 3 rings (SSSR count). The smallest absolute Gasteiger partial charge is 0.123 e. The van der Waals surface area contributed by atoms with Crippen LogP contribution in [0, 0.1) is 0 Å². The van der Waals surface area contributed by atoms with Crippen LogP contribution in [0.15, 0.2) is 28.8 Å². The molecule has 1 fully saturated rings. The Bertz CT molecular complexity index is 634. The molecule has 0 amide bonds. The van der Waals surface area contributed by atoms with E-state index < -0.39 is 5.60 Å². The summed E-state index contributed by atoms with van der Waals surface area (Å²) in [5.74, 6) is 0. The van der Waals surface area contributed by atoms with Crippen molar-refractivity contribution in [1.82, 2.24) is 4.98 Å². The second kappa shape index (κ2) is 4.24. The van der Waals surface area contributed by atoms with Crippen molar-refractivity contribution in [2.45, 2.75) is 30.9 Å². The van der Waals surface area contributed by atoms with Gasteiger partial charge in [0.05, 0.1) is 11.6 Å². The number of aliphatic hydroxyl groups is 1. The highest BCUT2D eigenvalue weighted by Gasteiger charge is 2.43. The molecule has 1 aliphatic rings. The first-order chi connectivity index (χ1) is 8.75. The minimum Gasteiger partial charge on any atom is -0.385 e. The molecule has 18 heavy (non-hydrogen) atoms. The summed E-state index contributed by atoms with van der Waals surface area (Å²) >= 11 is 1.51. The third-order valence-corrected chi connectivity index (χ3v) is 4.50. The van der Waals surface area contributed by atoms with Crippen LogP contribution < -0.4 is 0 Å². The summed E-state index contributed by atoms with van der Waals surface area (Å²) in [4.78, 5) is 8.04. The van der Waals surface area contributed by atoms with E-state index in [-0.39, 0.29) is 6.04 Å². The minimum atomic E-state index is -1.03. The molecule has 6 heteroatoms. The highest BCUT2D eigenvalue weighted by molar-refractivity contribution is 7.16. The van der Waals surface area contributed by atoms with Crippen LogP contribution in [0.1, 0.15) is 24.8 Å². The zero-order valence-corrected chi connectivity index (χ0v) is 10.5. The Hall–Kier alpha value is -1.62. The molecule has 2 aromatic rings. The third-order valence-electron chi connectivity index (χ3n) is 3.59. The standard InChI is InChI=1S/C12H12N4OS/c13-16-15-10-4-1-5-12(10,17)9-7-18-11-8(9)3-2-6-14-11/h2-3,6-7,10,17H,1,4-5H2. The maximum absolute atomic E-state index is 10.9. The van der Waals surface area contributed by atoms with Crippen LogP contribution in [0.2, 0.25) is 0 Å². The van der Waals surface area contributed by atoms with Crippen molar-refractivity contribution >= 4 is 21.6 Å². The first kappa shape index (κ1) is 11.5. The van der Waals surface area contributed by atoms with Gasteiger partial charge >= 0.3 is 0 Å². The van der Waals surface area contributed by atoms with Gasteiger partial charge < -0.3 is 5.11 Å². The molecule has 1 aliphatic carbocycles. The number of pyridine rings is 1. The predicted octanol–water partition coefficient (Wildman–Crippen LogP) is 3.35. The second-order valence-electron chi connectivity index (χ2n) is 4.54. The zero-order valence-electron chi connectivity index (χ0n) is 9.65. The van der Waals surface area contributed by atoms with Crippen molar-refractivity contribution in [2.75, 3.05) is 0 Å². The first-order valence-electron chi connectivity index (χ1n) is 5.85. The normalized spacial score (nSPS) is 27.3. The molecule has 0 bridgehead atoms. The second-order valence-corrected chi connectivity index (χ2v) is 5.40.